The highest BCUT2D eigenvalue weighted by molar-refractivity contribution is 5.56. The Morgan fingerprint density at radius 1 is 1.40 bits per heavy atom. The molecule has 3 nitrogen and oxygen atoms in total. The second-order valence-electron chi connectivity index (χ2n) is 5.54. The summed E-state index contributed by atoms with van der Waals surface area (Å²) in [5, 5.41) is 12.5. The van der Waals surface area contributed by atoms with Gasteiger partial charge in [0.2, 0.25) is 0 Å². The third-order valence-electron chi connectivity index (χ3n) is 4.31. The van der Waals surface area contributed by atoms with Gasteiger partial charge in [-0.25, -0.2) is 4.39 Å². The van der Waals surface area contributed by atoms with Crippen LogP contribution in [0.5, 0.6) is 0 Å². The number of rotatable bonds is 6. The van der Waals surface area contributed by atoms with Crippen LogP contribution in [0.1, 0.15) is 44.2 Å². The molecule has 1 fully saturated rings. The summed E-state index contributed by atoms with van der Waals surface area (Å²) in [5.74, 6) is -0.176. The van der Waals surface area contributed by atoms with E-state index < -0.39 is 0 Å². The summed E-state index contributed by atoms with van der Waals surface area (Å²) in [6.45, 7) is 2.63. The Balaban J connectivity index is 2.38. The Morgan fingerprint density at radius 3 is 2.70 bits per heavy atom. The van der Waals surface area contributed by atoms with Crippen molar-refractivity contribution >= 4 is 5.69 Å². The predicted molar refractivity (Wildman–Crippen MR) is 80.6 cm³/mol. The normalized spacial score (nSPS) is 17.4. The van der Waals surface area contributed by atoms with E-state index in [0.29, 0.717) is 18.2 Å². The number of anilines is 1. The number of benzene rings is 1. The van der Waals surface area contributed by atoms with E-state index in [2.05, 4.69) is 10.2 Å². The van der Waals surface area contributed by atoms with Crippen LogP contribution in [0, 0.1) is 5.82 Å². The van der Waals surface area contributed by atoms with Crippen molar-refractivity contribution in [2.45, 2.75) is 44.7 Å². The molecular formula is C16H25FN2O. The molecule has 4 heteroatoms. The highest BCUT2D eigenvalue weighted by Gasteiger charge is 2.26. The quantitative estimate of drug-likeness (QED) is 0.841. The molecule has 1 aromatic carbocycles. The van der Waals surface area contributed by atoms with Crippen molar-refractivity contribution in [2.24, 2.45) is 0 Å². The molecule has 0 amide bonds. The summed E-state index contributed by atoms with van der Waals surface area (Å²) in [6, 6.07) is 5.62. The van der Waals surface area contributed by atoms with E-state index in [4.69, 9.17) is 0 Å². The van der Waals surface area contributed by atoms with E-state index in [-0.39, 0.29) is 18.5 Å². The van der Waals surface area contributed by atoms with Crippen molar-refractivity contribution < 1.29 is 9.50 Å². The van der Waals surface area contributed by atoms with Crippen molar-refractivity contribution in [3.63, 3.8) is 0 Å². The first-order chi connectivity index (χ1) is 9.69. The SMILES string of the molecule is CNC(C)c1c(F)cccc1N(CCO)C1CCCC1. The Kier molecular flexibility index (Phi) is 5.38. The molecule has 0 heterocycles. The lowest BCUT2D eigenvalue weighted by atomic mass is 10.0. The monoisotopic (exact) mass is 280 g/mol. The molecule has 1 saturated carbocycles. The van der Waals surface area contributed by atoms with Crippen molar-refractivity contribution in [3.8, 4) is 0 Å². The smallest absolute Gasteiger partial charge is 0.130 e. The highest BCUT2D eigenvalue weighted by Crippen LogP contribution is 2.34. The zero-order chi connectivity index (χ0) is 14.5. The lowest BCUT2D eigenvalue weighted by Gasteiger charge is -2.33. The summed E-state index contributed by atoms with van der Waals surface area (Å²) >= 11 is 0. The van der Waals surface area contributed by atoms with Gasteiger partial charge in [-0.2, -0.15) is 0 Å². The average molecular weight is 280 g/mol. The minimum absolute atomic E-state index is 0.0474. The van der Waals surface area contributed by atoms with E-state index in [0.717, 1.165) is 18.5 Å². The Hall–Kier alpha value is -1.13. The predicted octanol–water partition coefficient (Wildman–Crippen LogP) is 2.85. The van der Waals surface area contributed by atoms with E-state index in [1.54, 1.807) is 6.07 Å². The molecule has 20 heavy (non-hydrogen) atoms. The van der Waals surface area contributed by atoms with Crippen LogP contribution in [0.25, 0.3) is 0 Å². The van der Waals surface area contributed by atoms with Crippen molar-refractivity contribution in [3.05, 3.63) is 29.6 Å². The van der Waals surface area contributed by atoms with Crippen LogP contribution in [0.3, 0.4) is 0 Å². The fourth-order valence-electron chi connectivity index (χ4n) is 3.17. The number of aliphatic hydroxyl groups is 1. The van der Waals surface area contributed by atoms with E-state index >= 15 is 0 Å². The molecule has 0 aliphatic heterocycles. The third-order valence-corrected chi connectivity index (χ3v) is 4.31. The van der Waals surface area contributed by atoms with E-state index in [1.165, 1.54) is 18.9 Å². The summed E-state index contributed by atoms with van der Waals surface area (Å²) in [7, 11) is 1.84. The maximum Gasteiger partial charge on any atom is 0.130 e. The van der Waals surface area contributed by atoms with Gasteiger partial charge in [-0.1, -0.05) is 18.9 Å². The van der Waals surface area contributed by atoms with E-state index in [9.17, 15) is 9.50 Å². The van der Waals surface area contributed by atoms with Crippen LogP contribution in [0.15, 0.2) is 18.2 Å². The number of hydrogen-bond donors (Lipinski definition) is 2. The molecule has 0 radical (unpaired) electrons. The zero-order valence-electron chi connectivity index (χ0n) is 12.4. The molecule has 2 N–H and O–H groups in total. The van der Waals surface area contributed by atoms with Crippen LogP contribution in [-0.2, 0) is 0 Å². The number of hydrogen-bond acceptors (Lipinski definition) is 3. The molecule has 0 bridgehead atoms. The van der Waals surface area contributed by atoms with Crippen molar-refractivity contribution in [1.82, 2.24) is 5.32 Å². The van der Waals surface area contributed by atoms with Crippen LogP contribution in [-0.4, -0.2) is 31.3 Å². The van der Waals surface area contributed by atoms with Crippen molar-refractivity contribution in [1.29, 1.82) is 0 Å². The van der Waals surface area contributed by atoms with Gasteiger partial charge in [0.15, 0.2) is 0 Å². The largest absolute Gasteiger partial charge is 0.395 e. The number of nitrogens with zero attached hydrogens (tertiary/aromatic N) is 1. The molecule has 1 unspecified atom stereocenters. The molecule has 1 atom stereocenters. The summed E-state index contributed by atoms with van der Waals surface area (Å²) in [4.78, 5) is 2.19. The van der Waals surface area contributed by atoms with Crippen LogP contribution < -0.4 is 10.2 Å². The zero-order valence-corrected chi connectivity index (χ0v) is 12.4. The number of aliphatic hydroxyl groups excluding tert-OH is 1. The molecule has 112 valence electrons. The molecule has 0 saturated heterocycles. The average Bonchev–Trinajstić information content (AvgIpc) is 2.97. The second kappa shape index (κ2) is 7.04. The third kappa shape index (κ3) is 3.13. The summed E-state index contributed by atoms with van der Waals surface area (Å²) in [5.41, 5.74) is 1.63. The summed E-state index contributed by atoms with van der Waals surface area (Å²) in [6.07, 6.45) is 4.70. The first-order valence-corrected chi connectivity index (χ1v) is 7.52. The van der Waals surface area contributed by atoms with Gasteiger partial charge < -0.3 is 15.3 Å². The molecule has 1 aromatic rings. The molecule has 0 spiro atoms. The van der Waals surface area contributed by atoms with Gasteiger partial charge >= 0.3 is 0 Å². The van der Waals surface area contributed by atoms with Crippen LogP contribution >= 0.6 is 0 Å². The molecule has 0 aromatic heterocycles. The lowest BCUT2D eigenvalue weighted by molar-refractivity contribution is 0.297. The van der Waals surface area contributed by atoms with Gasteiger partial charge in [0, 0.05) is 29.9 Å². The summed E-state index contributed by atoms with van der Waals surface area (Å²) < 4.78 is 14.2. The number of halogens is 1. The van der Waals surface area contributed by atoms with Gasteiger partial charge in [0.1, 0.15) is 5.82 Å². The minimum Gasteiger partial charge on any atom is -0.395 e. The van der Waals surface area contributed by atoms with Gasteiger partial charge in [-0.15, -0.1) is 0 Å². The van der Waals surface area contributed by atoms with Gasteiger partial charge in [0.05, 0.1) is 6.61 Å². The topological polar surface area (TPSA) is 35.5 Å². The highest BCUT2D eigenvalue weighted by atomic mass is 19.1. The fraction of sp³-hybridized carbons (Fsp3) is 0.625. The minimum atomic E-state index is -0.176. The Bertz CT molecular complexity index is 432. The first kappa shape index (κ1) is 15.3. The molecule has 1 aliphatic rings. The van der Waals surface area contributed by atoms with Crippen molar-refractivity contribution in [2.75, 3.05) is 25.1 Å². The second-order valence-corrected chi connectivity index (χ2v) is 5.54. The maximum atomic E-state index is 14.2. The molecule has 2 rings (SSSR count). The molecule has 1 aliphatic carbocycles. The van der Waals surface area contributed by atoms with Gasteiger partial charge in [-0.3, -0.25) is 0 Å². The lowest BCUT2D eigenvalue weighted by Crippen LogP contribution is -2.37. The number of nitrogens with one attached hydrogen (secondary N) is 1. The van der Waals surface area contributed by atoms with Crippen LogP contribution in [0.4, 0.5) is 10.1 Å². The van der Waals surface area contributed by atoms with Gasteiger partial charge in [0.25, 0.3) is 0 Å². The maximum absolute atomic E-state index is 14.2. The standard InChI is InChI=1S/C16H25FN2O/c1-12(18-2)16-14(17)8-5-9-15(16)19(10-11-20)13-6-3-4-7-13/h5,8-9,12-13,18,20H,3-4,6-7,10-11H2,1-2H3. The Labute approximate surface area is 120 Å². The van der Waals surface area contributed by atoms with E-state index in [1.807, 2.05) is 20.0 Å². The first-order valence-electron chi connectivity index (χ1n) is 7.52. The molecular weight excluding hydrogens is 255 g/mol. The fourth-order valence-corrected chi connectivity index (χ4v) is 3.17. The Morgan fingerprint density at radius 2 is 2.10 bits per heavy atom. The van der Waals surface area contributed by atoms with Crippen LogP contribution in [0.2, 0.25) is 0 Å². The van der Waals surface area contributed by atoms with Gasteiger partial charge in [-0.05, 0) is 38.9 Å².